The minimum atomic E-state index is -0.135. The van der Waals surface area contributed by atoms with Crippen molar-refractivity contribution in [2.24, 2.45) is 0 Å². The van der Waals surface area contributed by atoms with Crippen LogP contribution in [0.2, 0.25) is 5.02 Å². The lowest BCUT2D eigenvalue weighted by atomic mass is 10.1. The van der Waals surface area contributed by atoms with Crippen LogP contribution in [0.25, 0.3) is 0 Å². The molecule has 0 aliphatic carbocycles. The largest absolute Gasteiger partial charge is 0.145 e. The Morgan fingerprint density at radius 2 is 1.79 bits per heavy atom. The summed E-state index contributed by atoms with van der Waals surface area (Å²) in [6, 6.07) is 11.8. The van der Waals surface area contributed by atoms with E-state index in [0.29, 0.717) is 0 Å². The highest BCUT2D eigenvalue weighted by Gasteiger charge is 2.14. The zero-order valence-electron chi connectivity index (χ0n) is 7.28. The molecule has 1 unspecified atom stereocenters. The molecule has 72 valence electrons. The summed E-state index contributed by atoms with van der Waals surface area (Å²) in [6.07, 6.45) is 0. The lowest BCUT2D eigenvalue weighted by molar-refractivity contribution is 1.18. The van der Waals surface area contributed by atoms with Gasteiger partial charge < -0.3 is 0 Å². The van der Waals surface area contributed by atoms with Crippen LogP contribution in [0.4, 0.5) is 0 Å². The Kier molecular flexibility index (Phi) is 3.12. The fourth-order valence-electron chi connectivity index (χ4n) is 1.26. The van der Waals surface area contributed by atoms with Gasteiger partial charge in [0.1, 0.15) is 0 Å². The van der Waals surface area contributed by atoms with Gasteiger partial charge in [0, 0.05) is 4.88 Å². The third-order valence-electron chi connectivity index (χ3n) is 1.97. The smallest absolute Gasteiger partial charge is 0.0942 e. The van der Waals surface area contributed by atoms with Crippen molar-refractivity contribution in [2.75, 3.05) is 0 Å². The molecule has 0 radical (unpaired) electrons. The second-order valence-electron chi connectivity index (χ2n) is 2.91. The van der Waals surface area contributed by atoms with Crippen molar-refractivity contribution in [3.8, 4) is 0 Å². The molecule has 0 saturated carbocycles. The van der Waals surface area contributed by atoms with Gasteiger partial charge in [-0.15, -0.1) is 22.9 Å². The van der Waals surface area contributed by atoms with Crippen molar-refractivity contribution in [2.45, 2.75) is 5.38 Å². The molecule has 0 saturated heterocycles. The van der Waals surface area contributed by atoms with Crippen molar-refractivity contribution in [1.82, 2.24) is 0 Å². The first-order valence-electron chi connectivity index (χ1n) is 4.21. The summed E-state index contributed by atoms with van der Waals surface area (Å²) in [5.74, 6) is 0. The lowest BCUT2D eigenvalue weighted by Gasteiger charge is -2.07. The molecule has 0 fully saturated rings. The maximum absolute atomic E-state index is 6.30. The van der Waals surface area contributed by atoms with Crippen LogP contribution in [0.5, 0.6) is 0 Å². The standard InChI is InChI=1S/C11H8Cl2S/c12-9-6-7-14-11(9)10(13)8-4-2-1-3-5-8/h1-7,10H. The summed E-state index contributed by atoms with van der Waals surface area (Å²) in [5, 5.41) is 2.57. The minimum absolute atomic E-state index is 0.135. The average molecular weight is 243 g/mol. The molecule has 2 rings (SSSR count). The summed E-state index contributed by atoms with van der Waals surface area (Å²) >= 11 is 13.9. The van der Waals surface area contributed by atoms with Crippen LogP contribution >= 0.6 is 34.5 Å². The highest BCUT2D eigenvalue weighted by molar-refractivity contribution is 7.11. The van der Waals surface area contributed by atoms with Crippen molar-refractivity contribution in [1.29, 1.82) is 0 Å². The van der Waals surface area contributed by atoms with Crippen LogP contribution in [0.3, 0.4) is 0 Å². The highest BCUT2D eigenvalue weighted by atomic mass is 35.5. The monoisotopic (exact) mass is 242 g/mol. The number of benzene rings is 1. The van der Waals surface area contributed by atoms with Crippen LogP contribution < -0.4 is 0 Å². The van der Waals surface area contributed by atoms with Gasteiger partial charge in [0.15, 0.2) is 0 Å². The van der Waals surface area contributed by atoms with E-state index in [4.69, 9.17) is 23.2 Å². The first-order chi connectivity index (χ1) is 6.79. The van der Waals surface area contributed by atoms with Crippen LogP contribution in [0.15, 0.2) is 41.8 Å². The summed E-state index contributed by atoms with van der Waals surface area (Å²) in [5.41, 5.74) is 1.08. The van der Waals surface area contributed by atoms with Crippen LogP contribution in [0.1, 0.15) is 15.8 Å². The van der Waals surface area contributed by atoms with Gasteiger partial charge in [-0.1, -0.05) is 41.9 Å². The van der Waals surface area contributed by atoms with Crippen molar-refractivity contribution >= 4 is 34.5 Å². The molecule has 3 heteroatoms. The average Bonchev–Trinajstić information content (AvgIpc) is 2.65. The van der Waals surface area contributed by atoms with Crippen LogP contribution in [0, 0.1) is 0 Å². The molecule has 0 bridgehead atoms. The molecule has 1 atom stereocenters. The number of rotatable bonds is 2. The normalized spacial score (nSPS) is 12.7. The summed E-state index contributed by atoms with van der Waals surface area (Å²) in [4.78, 5) is 1.01. The molecule has 2 aromatic rings. The van der Waals surface area contributed by atoms with Gasteiger partial charge in [0.05, 0.1) is 10.4 Å². The Morgan fingerprint density at radius 3 is 2.36 bits per heavy atom. The van der Waals surface area contributed by atoms with Gasteiger partial charge in [0.25, 0.3) is 0 Å². The molecule has 1 aromatic heterocycles. The van der Waals surface area contributed by atoms with Gasteiger partial charge >= 0.3 is 0 Å². The second-order valence-corrected chi connectivity index (χ2v) is 4.70. The van der Waals surface area contributed by atoms with Gasteiger partial charge in [-0.2, -0.15) is 0 Å². The lowest BCUT2D eigenvalue weighted by Crippen LogP contribution is -1.89. The molecule has 14 heavy (non-hydrogen) atoms. The fourth-order valence-corrected chi connectivity index (χ4v) is 2.90. The summed E-state index contributed by atoms with van der Waals surface area (Å²) < 4.78 is 0. The van der Waals surface area contributed by atoms with Gasteiger partial charge in [-0.05, 0) is 17.0 Å². The molecule has 0 spiro atoms. The molecule has 1 heterocycles. The molecule has 0 amide bonds. The summed E-state index contributed by atoms with van der Waals surface area (Å²) in [7, 11) is 0. The maximum Gasteiger partial charge on any atom is 0.0942 e. The van der Waals surface area contributed by atoms with E-state index in [1.165, 1.54) is 0 Å². The number of hydrogen-bond acceptors (Lipinski definition) is 1. The number of thiophene rings is 1. The minimum Gasteiger partial charge on any atom is -0.145 e. The van der Waals surface area contributed by atoms with E-state index in [2.05, 4.69) is 0 Å². The molecule has 0 aliphatic heterocycles. The van der Waals surface area contributed by atoms with E-state index in [1.807, 2.05) is 41.8 Å². The SMILES string of the molecule is Clc1ccsc1C(Cl)c1ccccc1. The first-order valence-corrected chi connectivity index (χ1v) is 5.90. The molecule has 0 nitrogen and oxygen atoms in total. The predicted molar refractivity (Wildman–Crippen MR) is 63.5 cm³/mol. The molecule has 1 aromatic carbocycles. The zero-order chi connectivity index (χ0) is 9.97. The Morgan fingerprint density at radius 1 is 1.07 bits per heavy atom. The van der Waals surface area contributed by atoms with Crippen LogP contribution in [-0.2, 0) is 0 Å². The Balaban J connectivity index is 2.34. The van der Waals surface area contributed by atoms with Gasteiger partial charge in [0.2, 0.25) is 0 Å². The summed E-state index contributed by atoms with van der Waals surface area (Å²) in [6.45, 7) is 0. The van der Waals surface area contributed by atoms with Gasteiger partial charge in [-0.25, -0.2) is 0 Å². The Labute approximate surface area is 97.1 Å². The topological polar surface area (TPSA) is 0 Å². The first kappa shape index (κ1) is 10.0. The van der Waals surface area contributed by atoms with E-state index in [0.717, 1.165) is 15.5 Å². The van der Waals surface area contributed by atoms with Crippen molar-refractivity contribution in [3.05, 3.63) is 57.2 Å². The van der Waals surface area contributed by atoms with Crippen molar-refractivity contribution in [3.63, 3.8) is 0 Å². The molecule has 0 aliphatic rings. The highest BCUT2D eigenvalue weighted by Crippen LogP contribution is 2.36. The Hall–Kier alpha value is -0.500. The third-order valence-corrected chi connectivity index (χ3v) is 3.99. The van der Waals surface area contributed by atoms with E-state index >= 15 is 0 Å². The Bertz CT molecular complexity index is 408. The van der Waals surface area contributed by atoms with Crippen LogP contribution in [-0.4, -0.2) is 0 Å². The van der Waals surface area contributed by atoms with E-state index in [9.17, 15) is 0 Å². The van der Waals surface area contributed by atoms with E-state index in [-0.39, 0.29) is 5.38 Å². The number of halogens is 2. The zero-order valence-corrected chi connectivity index (χ0v) is 9.61. The number of alkyl halides is 1. The van der Waals surface area contributed by atoms with E-state index < -0.39 is 0 Å². The number of hydrogen-bond donors (Lipinski definition) is 0. The molecule has 0 N–H and O–H groups in total. The predicted octanol–water partition coefficient (Wildman–Crippen LogP) is 4.73. The van der Waals surface area contributed by atoms with Gasteiger partial charge in [-0.3, -0.25) is 0 Å². The maximum atomic E-state index is 6.30. The quantitative estimate of drug-likeness (QED) is 0.669. The van der Waals surface area contributed by atoms with Crippen molar-refractivity contribution < 1.29 is 0 Å². The van der Waals surface area contributed by atoms with E-state index in [1.54, 1.807) is 11.3 Å². The second kappa shape index (κ2) is 4.35. The molecular weight excluding hydrogens is 235 g/mol. The molecular formula is C11H8Cl2S. The fraction of sp³-hybridized carbons (Fsp3) is 0.0909. The third kappa shape index (κ3) is 1.95.